The van der Waals surface area contributed by atoms with Crippen molar-refractivity contribution >= 4 is 51.2 Å². The Hall–Kier alpha value is -2.26. The Morgan fingerprint density at radius 2 is 1.83 bits per heavy atom. The Labute approximate surface area is 140 Å². The topological polar surface area (TPSA) is 109 Å². The molecule has 0 bridgehead atoms. The van der Waals surface area contributed by atoms with Crippen LogP contribution in [-0.2, 0) is 9.47 Å². The van der Waals surface area contributed by atoms with Gasteiger partial charge in [-0.25, -0.2) is 9.59 Å². The molecule has 0 atom stereocenters. The first-order valence-corrected chi connectivity index (χ1v) is 7.70. The zero-order chi connectivity index (χ0) is 17.1. The number of halogens is 1. The van der Waals surface area contributed by atoms with Gasteiger partial charge in [-0.3, -0.25) is 0 Å². The van der Waals surface area contributed by atoms with Crippen LogP contribution < -0.4 is 4.90 Å². The fourth-order valence-corrected chi connectivity index (χ4v) is 2.99. The van der Waals surface area contributed by atoms with Gasteiger partial charge in [0.1, 0.15) is 5.00 Å². The van der Waals surface area contributed by atoms with Crippen LogP contribution in [0.25, 0.3) is 10.9 Å². The zero-order valence-electron chi connectivity index (χ0n) is 12.2. The lowest BCUT2D eigenvalue weighted by Crippen LogP contribution is -2.37. The van der Waals surface area contributed by atoms with Crippen LogP contribution in [0.2, 0.25) is 5.02 Å². The smallest absolute Gasteiger partial charge is 0.424 e. The van der Waals surface area contributed by atoms with Gasteiger partial charge in [0.2, 0.25) is 0 Å². The van der Waals surface area contributed by atoms with Crippen LogP contribution in [0.15, 0.2) is 6.07 Å². The monoisotopic (exact) mass is 360 g/mol. The number of aromatic nitrogens is 1. The first-order chi connectivity index (χ1) is 10.9. The summed E-state index contributed by atoms with van der Waals surface area (Å²) in [6.07, 6.45) is -1.92. The molecule has 0 saturated heterocycles. The molecule has 0 spiro atoms. The second-order valence-electron chi connectivity index (χ2n) is 4.17. The molecular formula is C13H13ClN2O6S. The first kappa shape index (κ1) is 17.1. The van der Waals surface area contributed by atoms with Crippen molar-refractivity contribution in [3.63, 3.8) is 0 Å². The van der Waals surface area contributed by atoms with E-state index in [4.69, 9.17) is 21.1 Å². The molecule has 8 nitrogen and oxygen atoms in total. The van der Waals surface area contributed by atoms with E-state index in [1.54, 1.807) is 13.8 Å². The van der Waals surface area contributed by atoms with Crippen LogP contribution in [0.3, 0.4) is 0 Å². The van der Waals surface area contributed by atoms with E-state index in [9.17, 15) is 19.8 Å². The molecule has 2 amide bonds. The third kappa shape index (κ3) is 3.10. The Morgan fingerprint density at radius 1 is 1.26 bits per heavy atom. The Morgan fingerprint density at radius 3 is 2.35 bits per heavy atom. The molecular weight excluding hydrogens is 348 g/mol. The molecule has 0 aliphatic carbocycles. The van der Waals surface area contributed by atoms with Crippen LogP contribution in [-0.4, -0.2) is 40.0 Å². The molecule has 0 radical (unpaired) electrons. The Bertz CT molecular complexity index is 744. The molecule has 1 aromatic carbocycles. The number of carbonyl (C=O) groups excluding carboxylic acids is 2. The SMILES string of the molecule is CCOC(=O)N(C(=O)OCC)c1snc2cc(O)c(O)c(Cl)c12. The van der Waals surface area contributed by atoms with Gasteiger partial charge in [0.15, 0.2) is 11.5 Å². The number of carbonyl (C=O) groups is 2. The van der Waals surface area contributed by atoms with Gasteiger partial charge in [0.05, 0.1) is 29.1 Å². The van der Waals surface area contributed by atoms with E-state index in [1.807, 2.05) is 0 Å². The van der Waals surface area contributed by atoms with Crippen molar-refractivity contribution in [2.24, 2.45) is 0 Å². The van der Waals surface area contributed by atoms with Gasteiger partial charge in [-0.15, -0.1) is 0 Å². The van der Waals surface area contributed by atoms with Crippen molar-refractivity contribution in [1.82, 2.24) is 4.37 Å². The van der Waals surface area contributed by atoms with E-state index in [0.717, 1.165) is 11.5 Å². The lowest BCUT2D eigenvalue weighted by Gasteiger charge is -2.18. The van der Waals surface area contributed by atoms with E-state index >= 15 is 0 Å². The summed E-state index contributed by atoms with van der Waals surface area (Å²) in [6.45, 7) is 3.27. The first-order valence-electron chi connectivity index (χ1n) is 6.55. The van der Waals surface area contributed by atoms with Gasteiger partial charge in [-0.2, -0.15) is 9.27 Å². The molecule has 0 unspecified atom stereocenters. The predicted octanol–water partition coefficient (Wildman–Crippen LogP) is 3.48. The number of phenols is 2. The quantitative estimate of drug-likeness (QED) is 0.806. The van der Waals surface area contributed by atoms with Gasteiger partial charge >= 0.3 is 12.2 Å². The summed E-state index contributed by atoms with van der Waals surface area (Å²) in [5.41, 5.74) is 0.212. The highest BCUT2D eigenvalue weighted by Gasteiger charge is 2.31. The van der Waals surface area contributed by atoms with Gasteiger partial charge in [0.25, 0.3) is 0 Å². The van der Waals surface area contributed by atoms with E-state index in [1.165, 1.54) is 6.07 Å². The fraction of sp³-hybridized carbons (Fsp3) is 0.308. The maximum absolute atomic E-state index is 12.1. The maximum Gasteiger partial charge on any atom is 0.424 e. The van der Waals surface area contributed by atoms with Crippen LogP contribution >= 0.6 is 23.1 Å². The summed E-state index contributed by atoms with van der Waals surface area (Å²) in [4.78, 5) is 24.8. The number of phenolic OH excluding ortho intramolecular Hbond substituents is 2. The number of rotatable bonds is 3. The van der Waals surface area contributed by atoms with Crippen molar-refractivity contribution in [2.75, 3.05) is 18.1 Å². The number of amides is 2. The van der Waals surface area contributed by atoms with Crippen LogP contribution in [0.4, 0.5) is 14.6 Å². The number of ether oxygens (including phenoxy) is 2. The number of hydrogen-bond acceptors (Lipinski definition) is 8. The van der Waals surface area contributed by atoms with Gasteiger partial charge < -0.3 is 19.7 Å². The van der Waals surface area contributed by atoms with E-state index in [0.29, 0.717) is 4.90 Å². The molecule has 0 fully saturated rings. The zero-order valence-corrected chi connectivity index (χ0v) is 13.8. The lowest BCUT2D eigenvalue weighted by molar-refractivity contribution is 0.141. The third-order valence-corrected chi connectivity index (χ3v) is 3.96. The van der Waals surface area contributed by atoms with Crippen LogP contribution in [0, 0.1) is 0 Å². The highest BCUT2D eigenvalue weighted by Crippen LogP contribution is 2.45. The fourth-order valence-electron chi connectivity index (χ4n) is 1.80. The second-order valence-corrected chi connectivity index (χ2v) is 5.30. The molecule has 2 aromatic rings. The van der Waals surface area contributed by atoms with Crippen molar-refractivity contribution in [2.45, 2.75) is 13.8 Å². The van der Waals surface area contributed by atoms with Crippen LogP contribution in [0.1, 0.15) is 13.8 Å². The average molecular weight is 361 g/mol. The molecule has 10 heteroatoms. The summed E-state index contributed by atoms with van der Waals surface area (Å²) in [5.74, 6) is -1.04. The van der Waals surface area contributed by atoms with Crippen LogP contribution in [0.5, 0.6) is 11.5 Å². The normalized spacial score (nSPS) is 10.6. The third-order valence-electron chi connectivity index (χ3n) is 2.75. The summed E-state index contributed by atoms with van der Waals surface area (Å²) in [6, 6.07) is 1.17. The number of nitrogens with zero attached hydrogens (tertiary/aromatic N) is 2. The van der Waals surface area contributed by atoms with Crippen molar-refractivity contribution < 1.29 is 29.3 Å². The lowest BCUT2D eigenvalue weighted by atomic mass is 10.2. The van der Waals surface area contributed by atoms with Crippen molar-refractivity contribution in [1.29, 1.82) is 0 Å². The second kappa shape index (κ2) is 6.88. The summed E-state index contributed by atoms with van der Waals surface area (Å²) in [5, 5.41) is 19.2. The van der Waals surface area contributed by atoms with E-state index in [2.05, 4.69) is 4.37 Å². The maximum atomic E-state index is 12.1. The minimum absolute atomic E-state index is 0.0252. The van der Waals surface area contributed by atoms with Gasteiger partial charge in [-0.05, 0) is 25.4 Å². The number of fused-ring (bicyclic) bond motifs is 1. The minimum atomic E-state index is -0.958. The number of hydrogen-bond donors (Lipinski definition) is 2. The highest BCUT2D eigenvalue weighted by atomic mass is 35.5. The minimum Gasteiger partial charge on any atom is -0.504 e. The predicted molar refractivity (Wildman–Crippen MR) is 84.5 cm³/mol. The Balaban J connectivity index is 2.63. The van der Waals surface area contributed by atoms with E-state index in [-0.39, 0.29) is 34.1 Å². The number of benzene rings is 1. The summed E-state index contributed by atoms with van der Waals surface area (Å²) in [7, 11) is 0. The molecule has 2 N–H and O–H groups in total. The van der Waals surface area contributed by atoms with E-state index < -0.39 is 23.7 Å². The summed E-state index contributed by atoms with van der Waals surface area (Å²) >= 11 is 6.79. The molecule has 23 heavy (non-hydrogen) atoms. The Kier molecular flexibility index (Phi) is 5.12. The molecule has 124 valence electrons. The highest BCUT2D eigenvalue weighted by molar-refractivity contribution is 7.12. The molecule has 0 saturated carbocycles. The van der Waals surface area contributed by atoms with Crippen molar-refractivity contribution in [3.05, 3.63) is 11.1 Å². The molecule has 2 rings (SSSR count). The number of aromatic hydroxyl groups is 2. The van der Waals surface area contributed by atoms with Crippen molar-refractivity contribution in [3.8, 4) is 11.5 Å². The molecule has 1 aromatic heterocycles. The van der Waals surface area contributed by atoms with Gasteiger partial charge in [-0.1, -0.05) is 11.6 Å². The molecule has 0 aliphatic heterocycles. The molecule has 0 aliphatic rings. The average Bonchev–Trinajstić information content (AvgIpc) is 2.89. The van der Waals surface area contributed by atoms with Gasteiger partial charge in [0, 0.05) is 6.07 Å². The summed E-state index contributed by atoms with van der Waals surface area (Å²) < 4.78 is 13.7. The number of imide groups is 1. The largest absolute Gasteiger partial charge is 0.504 e. The number of anilines is 1. The molecule has 1 heterocycles. The standard InChI is InChI=1S/C13H13ClN2O6S/c1-3-21-12(19)16(13(20)22-4-2)11-8-6(15-23-11)5-7(17)10(18)9(8)14/h5,17-18H,3-4H2,1-2H3.